The Bertz CT molecular complexity index is 277. The summed E-state index contributed by atoms with van der Waals surface area (Å²) >= 11 is 0. The Morgan fingerprint density at radius 1 is 1.44 bits per heavy atom. The average molecular weight is 222 g/mol. The molecule has 4 nitrogen and oxygen atoms in total. The highest BCUT2D eigenvalue weighted by Gasteiger charge is 2.17. The Hall–Kier alpha value is -0.900. The predicted octanol–water partition coefficient (Wildman–Crippen LogP) is 1.84. The van der Waals surface area contributed by atoms with E-state index in [1.807, 2.05) is 10.9 Å². The van der Waals surface area contributed by atoms with Gasteiger partial charge in [-0.05, 0) is 19.3 Å². The fourth-order valence-corrected chi connectivity index (χ4v) is 2.61. The molecule has 90 valence electrons. The second kappa shape index (κ2) is 5.99. The molecule has 1 aromatic heterocycles. The quantitative estimate of drug-likeness (QED) is 0.798. The number of aromatic nitrogens is 3. The Kier molecular flexibility index (Phi) is 4.34. The summed E-state index contributed by atoms with van der Waals surface area (Å²) in [4.78, 5) is 0. The van der Waals surface area contributed by atoms with Crippen molar-refractivity contribution in [1.29, 1.82) is 0 Å². The smallest absolute Gasteiger partial charge is 0.0692 e. The molecule has 2 rings (SSSR count). The summed E-state index contributed by atoms with van der Waals surface area (Å²) in [5, 5.41) is 11.3. The van der Waals surface area contributed by atoms with E-state index in [-0.39, 0.29) is 0 Å². The molecule has 1 N–H and O–H groups in total. The maximum atomic E-state index is 3.94. The Labute approximate surface area is 97.4 Å². The summed E-state index contributed by atoms with van der Waals surface area (Å²) in [6.07, 6.45) is 10.7. The summed E-state index contributed by atoms with van der Waals surface area (Å²) in [5.41, 5.74) is 0. The number of nitrogens with one attached hydrogen (secondary N) is 1. The van der Waals surface area contributed by atoms with E-state index in [0.717, 1.165) is 19.0 Å². The van der Waals surface area contributed by atoms with Gasteiger partial charge in [-0.15, -0.1) is 5.10 Å². The predicted molar refractivity (Wildman–Crippen MR) is 64.1 cm³/mol. The SMILES string of the molecule is CC(CC1CCCC1)NCCn1ccnn1. The van der Waals surface area contributed by atoms with E-state index in [1.165, 1.54) is 32.1 Å². The molecule has 1 heterocycles. The normalized spacial score (nSPS) is 19.1. The molecule has 1 aliphatic rings. The molecule has 1 unspecified atom stereocenters. The van der Waals surface area contributed by atoms with Crippen LogP contribution in [0.2, 0.25) is 0 Å². The number of hydrogen-bond donors (Lipinski definition) is 1. The van der Waals surface area contributed by atoms with Gasteiger partial charge in [-0.1, -0.05) is 30.9 Å². The highest BCUT2D eigenvalue weighted by molar-refractivity contribution is 4.73. The first kappa shape index (κ1) is 11.6. The molecular weight excluding hydrogens is 200 g/mol. The largest absolute Gasteiger partial charge is 0.312 e. The van der Waals surface area contributed by atoms with Crippen LogP contribution in [0.5, 0.6) is 0 Å². The zero-order valence-corrected chi connectivity index (χ0v) is 10.1. The zero-order valence-electron chi connectivity index (χ0n) is 10.1. The maximum absolute atomic E-state index is 3.94. The minimum absolute atomic E-state index is 0.631. The summed E-state index contributed by atoms with van der Waals surface area (Å²) in [6, 6.07) is 0.631. The third-order valence-electron chi connectivity index (χ3n) is 3.47. The molecule has 1 atom stereocenters. The van der Waals surface area contributed by atoms with Crippen LogP contribution in [0.3, 0.4) is 0 Å². The zero-order chi connectivity index (χ0) is 11.2. The molecule has 0 aliphatic heterocycles. The molecule has 1 aliphatic carbocycles. The third-order valence-corrected chi connectivity index (χ3v) is 3.47. The van der Waals surface area contributed by atoms with Crippen molar-refractivity contribution >= 4 is 0 Å². The van der Waals surface area contributed by atoms with Gasteiger partial charge in [0.1, 0.15) is 0 Å². The van der Waals surface area contributed by atoms with Gasteiger partial charge in [-0.3, -0.25) is 4.68 Å². The summed E-state index contributed by atoms with van der Waals surface area (Å²) in [5.74, 6) is 0.967. The van der Waals surface area contributed by atoms with Crippen molar-refractivity contribution in [3.8, 4) is 0 Å². The Morgan fingerprint density at radius 2 is 2.25 bits per heavy atom. The second-order valence-corrected chi connectivity index (χ2v) is 4.91. The molecule has 16 heavy (non-hydrogen) atoms. The molecular formula is C12H22N4. The van der Waals surface area contributed by atoms with Gasteiger partial charge in [0.2, 0.25) is 0 Å². The molecule has 4 heteroatoms. The van der Waals surface area contributed by atoms with Gasteiger partial charge < -0.3 is 5.32 Å². The monoisotopic (exact) mass is 222 g/mol. The van der Waals surface area contributed by atoms with E-state index in [4.69, 9.17) is 0 Å². The number of rotatable bonds is 6. The highest BCUT2D eigenvalue weighted by Crippen LogP contribution is 2.28. The Morgan fingerprint density at radius 3 is 2.94 bits per heavy atom. The van der Waals surface area contributed by atoms with Crippen molar-refractivity contribution in [2.75, 3.05) is 6.54 Å². The summed E-state index contributed by atoms with van der Waals surface area (Å²) in [6.45, 7) is 4.19. The summed E-state index contributed by atoms with van der Waals surface area (Å²) in [7, 11) is 0. The molecule has 1 saturated carbocycles. The van der Waals surface area contributed by atoms with E-state index in [2.05, 4.69) is 22.6 Å². The lowest BCUT2D eigenvalue weighted by Crippen LogP contribution is -2.31. The first-order chi connectivity index (χ1) is 7.84. The van der Waals surface area contributed by atoms with Gasteiger partial charge in [-0.2, -0.15) is 0 Å². The Balaban J connectivity index is 1.58. The van der Waals surface area contributed by atoms with E-state index in [1.54, 1.807) is 6.20 Å². The molecule has 0 spiro atoms. The topological polar surface area (TPSA) is 42.7 Å². The minimum Gasteiger partial charge on any atom is -0.312 e. The number of nitrogens with zero attached hydrogens (tertiary/aromatic N) is 3. The highest BCUT2D eigenvalue weighted by atomic mass is 15.4. The summed E-state index contributed by atoms with van der Waals surface area (Å²) < 4.78 is 1.87. The van der Waals surface area contributed by atoms with Crippen LogP contribution < -0.4 is 5.32 Å². The van der Waals surface area contributed by atoms with Crippen molar-refractivity contribution < 1.29 is 0 Å². The molecule has 0 aromatic carbocycles. The van der Waals surface area contributed by atoms with Crippen LogP contribution in [0.25, 0.3) is 0 Å². The van der Waals surface area contributed by atoms with Gasteiger partial charge in [-0.25, -0.2) is 0 Å². The molecule has 0 radical (unpaired) electrons. The van der Waals surface area contributed by atoms with Crippen molar-refractivity contribution in [2.45, 2.75) is 51.6 Å². The third kappa shape index (κ3) is 3.59. The van der Waals surface area contributed by atoms with E-state index in [0.29, 0.717) is 6.04 Å². The maximum Gasteiger partial charge on any atom is 0.0692 e. The average Bonchev–Trinajstić information content (AvgIpc) is 2.90. The van der Waals surface area contributed by atoms with Gasteiger partial charge in [0, 0.05) is 18.8 Å². The number of hydrogen-bond acceptors (Lipinski definition) is 3. The van der Waals surface area contributed by atoms with Gasteiger partial charge in [0.15, 0.2) is 0 Å². The fraction of sp³-hybridized carbons (Fsp3) is 0.833. The standard InChI is InChI=1S/C12H22N4/c1-11(10-12-4-2-3-5-12)13-6-8-16-9-7-14-15-16/h7,9,11-13H,2-6,8,10H2,1H3. The molecule has 1 aromatic rings. The van der Waals surface area contributed by atoms with Crippen LogP contribution in [-0.2, 0) is 6.54 Å². The molecule has 1 fully saturated rings. The van der Waals surface area contributed by atoms with Crippen LogP contribution in [0, 0.1) is 5.92 Å². The van der Waals surface area contributed by atoms with Crippen molar-refractivity contribution in [2.24, 2.45) is 5.92 Å². The molecule has 0 amide bonds. The fourth-order valence-electron chi connectivity index (χ4n) is 2.61. The first-order valence-corrected chi connectivity index (χ1v) is 6.42. The first-order valence-electron chi connectivity index (χ1n) is 6.42. The van der Waals surface area contributed by atoms with Crippen molar-refractivity contribution in [3.63, 3.8) is 0 Å². The van der Waals surface area contributed by atoms with Crippen LogP contribution in [0.15, 0.2) is 12.4 Å². The second-order valence-electron chi connectivity index (χ2n) is 4.91. The van der Waals surface area contributed by atoms with Crippen LogP contribution >= 0.6 is 0 Å². The molecule has 0 saturated heterocycles. The van der Waals surface area contributed by atoms with Gasteiger partial charge in [0.05, 0.1) is 12.7 Å². The lowest BCUT2D eigenvalue weighted by molar-refractivity contribution is 0.394. The van der Waals surface area contributed by atoms with E-state index in [9.17, 15) is 0 Å². The minimum atomic E-state index is 0.631. The van der Waals surface area contributed by atoms with Crippen molar-refractivity contribution in [3.05, 3.63) is 12.4 Å². The van der Waals surface area contributed by atoms with Crippen LogP contribution in [0.4, 0.5) is 0 Å². The van der Waals surface area contributed by atoms with Gasteiger partial charge >= 0.3 is 0 Å². The lowest BCUT2D eigenvalue weighted by Gasteiger charge is -2.17. The molecule has 0 bridgehead atoms. The van der Waals surface area contributed by atoms with E-state index >= 15 is 0 Å². The van der Waals surface area contributed by atoms with Gasteiger partial charge in [0.25, 0.3) is 0 Å². The van der Waals surface area contributed by atoms with Crippen molar-refractivity contribution in [1.82, 2.24) is 20.3 Å². The lowest BCUT2D eigenvalue weighted by atomic mass is 9.99. The van der Waals surface area contributed by atoms with E-state index < -0.39 is 0 Å². The van der Waals surface area contributed by atoms with Crippen LogP contribution in [-0.4, -0.2) is 27.6 Å². The van der Waals surface area contributed by atoms with Crippen LogP contribution in [0.1, 0.15) is 39.0 Å².